The monoisotopic (exact) mass is 554 g/mol. The van der Waals surface area contributed by atoms with Crippen molar-refractivity contribution in [2.45, 2.75) is 52.1 Å². The molecule has 1 amide bonds. The molecule has 3 heterocycles. The van der Waals surface area contributed by atoms with Gasteiger partial charge in [0.2, 0.25) is 5.88 Å². The zero-order chi connectivity index (χ0) is 28.8. The largest absolute Gasteiger partial charge is 0.437 e. The molecule has 5 aromatic rings. The van der Waals surface area contributed by atoms with E-state index in [9.17, 15) is 13.6 Å². The zero-order valence-electron chi connectivity index (χ0n) is 23.1. The Bertz CT molecular complexity index is 1610. The Balaban J connectivity index is 0.00000165. The van der Waals surface area contributed by atoms with Crippen LogP contribution in [-0.4, -0.2) is 20.4 Å². The summed E-state index contributed by atoms with van der Waals surface area (Å²) in [6.07, 6.45) is 6.31. The first-order valence-electron chi connectivity index (χ1n) is 13.9. The van der Waals surface area contributed by atoms with Crippen LogP contribution in [0.15, 0.2) is 85.2 Å². The lowest BCUT2D eigenvalue weighted by Crippen LogP contribution is -2.26. The molecule has 41 heavy (non-hydrogen) atoms. The van der Waals surface area contributed by atoms with Crippen molar-refractivity contribution < 1.29 is 18.3 Å². The molecule has 0 unspecified atom stereocenters. The van der Waals surface area contributed by atoms with Gasteiger partial charge in [-0.2, -0.15) is 4.98 Å². The summed E-state index contributed by atoms with van der Waals surface area (Å²) >= 11 is 0. The number of fused-ring (bicyclic) bond motifs is 1. The summed E-state index contributed by atoms with van der Waals surface area (Å²) in [7, 11) is 0. The topological polar surface area (TPSA) is 69.0 Å². The van der Waals surface area contributed by atoms with E-state index in [0.717, 1.165) is 36.6 Å². The van der Waals surface area contributed by atoms with Crippen molar-refractivity contribution >= 4 is 16.9 Å². The van der Waals surface area contributed by atoms with E-state index >= 15 is 0 Å². The average molecular weight is 555 g/mol. The summed E-state index contributed by atoms with van der Waals surface area (Å²) in [5.74, 6) is -0.507. The summed E-state index contributed by atoms with van der Waals surface area (Å²) in [6.45, 7) is 4.54. The number of pyridine rings is 2. The van der Waals surface area contributed by atoms with E-state index in [2.05, 4.69) is 14.9 Å². The SMILES string of the molecule is CC.O=C(NCc1cc(F)cc(F)c1)c1c(C2CCC2)n(Cc2ccccc2)c2nc(Oc3cccnc3)ccc12. The van der Waals surface area contributed by atoms with Crippen LogP contribution in [0.4, 0.5) is 8.78 Å². The van der Waals surface area contributed by atoms with Gasteiger partial charge in [-0.15, -0.1) is 0 Å². The van der Waals surface area contributed by atoms with Crippen LogP contribution in [0.1, 0.15) is 66.2 Å². The summed E-state index contributed by atoms with van der Waals surface area (Å²) in [4.78, 5) is 22.7. The van der Waals surface area contributed by atoms with Gasteiger partial charge in [0, 0.05) is 48.4 Å². The second-order valence-electron chi connectivity index (χ2n) is 9.73. The lowest BCUT2D eigenvalue weighted by molar-refractivity contribution is 0.0950. The summed E-state index contributed by atoms with van der Waals surface area (Å²) < 4.78 is 35.5. The third kappa shape index (κ3) is 6.27. The van der Waals surface area contributed by atoms with Crippen LogP contribution >= 0.6 is 0 Å². The van der Waals surface area contributed by atoms with E-state index in [1.165, 1.54) is 12.1 Å². The van der Waals surface area contributed by atoms with Crippen LogP contribution in [-0.2, 0) is 13.1 Å². The van der Waals surface area contributed by atoms with Crippen molar-refractivity contribution in [1.29, 1.82) is 0 Å². The van der Waals surface area contributed by atoms with Gasteiger partial charge in [-0.1, -0.05) is 50.6 Å². The molecule has 210 valence electrons. The van der Waals surface area contributed by atoms with E-state index in [0.29, 0.717) is 40.3 Å². The molecule has 0 saturated heterocycles. The minimum atomic E-state index is -0.681. The van der Waals surface area contributed by atoms with E-state index < -0.39 is 11.6 Å². The number of amides is 1. The zero-order valence-corrected chi connectivity index (χ0v) is 23.1. The molecule has 1 aliphatic rings. The number of hydrogen-bond donors (Lipinski definition) is 1. The smallest absolute Gasteiger partial charge is 0.254 e. The van der Waals surface area contributed by atoms with Gasteiger partial charge in [0.05, 0.1) is 11.8 Å². The fourth-order valence-corrected chi connectivity index (χ4v) is 5.06. The third-order valence-corrected chi connectivity index (χ3v) is 7.06. The van der Waals surface area contributed by atoms with Gasteiger partial charge in [-0.25, -0.2) is 8.78 Å². The number of aromatic nitrogens is 3. The normalized spacial score (nSPS) is 12.8. The highest BCUT2D eigenvalue weighted by molar-refractivity contribution is 6.08. The van der Waals surface area contributed by atoms with Gasteiger partial charge >= 0.3 is 0 Å². The van der Waals surface area contributed by atoms with Gasteiger partial charge < -0.3 is 14.6 Å². The molecule has 8 heteroatoms. The Hall–Kier alpha value is -4.59. The number of rotatable bonds is 8. The van der Waals surface area contributed by atoms with E-state index in [4.69, 9.17) is 9.72 Å². The first-order chi connectivity index (χ1) is 20.0. The number of nitrogens with zero attached hydrogens (tertiary/aromatic N) is 3. The second kappa shape index (κ2) is 12.7. The van der Waals surface area contributed by atoms with Gasteiger partial charge in [0.25, 0.3) is 5.91 Å². The molecule has 2 aromatic carbocycles. The highest BCUT2D eigenvalue weighted by atomic mass is 19.1. The molecular formula is C33H32F2N4O2. The Morgan fingerprint density at radius 2 is 1.73 bits per heavy atom. The van der Waals surface area contributed by atoms with E-state index in [1.807, 2.05) is 50.2 Å². The number of halogens is 2. The van der Waals surface area contributed by atoms with Gasteiger partial charge in [0.1, 0.15) is 23.0 Å². The molecule has 0 radical (unpaired) electrons. The molecule has 3 aromatic heterocycles. The molecule has 1 saturated carbocycles. The van der Waals surface area contributed by atoms with Gasteiger partial charge in [-0.3, -0.25) is 9.78 Å². The van der Waals surface area contributed by atoms with Crippen molar-refractivity contribution in [1.82, 2.24) is 19.9 Å². The molecule has 1 N–H and O–H groups in total. The van der Waals surface area contributed by atoms with E-state index in [-0.39, 0.29) is 18.4 Å². The Morgan fingerprint density at radius 3 is 2.39 bits per heavy atom. The van der Waals surface area contributed by atoms with Gasteiger partial charge in [0.15, 0.2) is 0 Å². The molecule has 6 nitrogen and oxygen atoms in total. The number of carbonyl (C=O) groups excluding carboxylic acids is 1. The van der Waals surface area contributed by atoms with Crippen LogP contribution in [0.2, 0.25) is 0 Å². The fourth-order valence-electron chi connectivity index (χ4n) is 5.06. The minimum Gasteiger partial charge on any atom is -0.437 e. The highest BCUT2D eigenvalue weighted by Gasteiger charge is 2.32. The van der Waals surface area contributed by atoms with Crippen LogP contribution in [0, 0.1) is 11.6 Å². The predicted octanol–water partition coefficient (Wildman–Crippen LogP) is 7.77. The first kappa shape index (κ1) is 28.0. The Labute approximate surface area is 238 Å². The van der Waals surface area contributed by atoms with E-state index in [1.54, 1.807) is 30.6 Å². The van der Waals surface area contributed by atoms with Crippen LogP contribution < -0.4 is 10.1 Å². The fraction of sp³-hybridized carbons (Fsp3) is 0.242. The number of ether oxygens (including phenoxy) is 1. The maximum absolute atomic E-state index is 13.7. The summed E-state index contributed by atoms with van der Waals surface area (Å²) in [6, 6.07) is 20.5. The number of benzene rings is 2. The summed E-state index contributed by atoms with van der Waals surface area (Å²) in [5.41, 5.74) is 3.54. The average Bonchev–Trinajstić information content (AvgIpc) is 3.25. The molecule has 0 aliphatic heterocycles. The first-order valence-corrected chi connectivity index (χ1v) is 13.9. The maximum atomic E-state index is 13.7. The minimum absolute atomic E-state index is 0.00138. The maximum Gasteiger partial charge on any atom is 0.254 e. The number of carbonyl (C=O) groups is 1. The standard InChI is InChI=1S/C31H26F2N4O2.C2H6/c32-23-14-21(15-24(33)16-23)17-35-31(38)28-26-11-12-27(39-25-10-5-13-34-18-25)36-30(26)37(29(28)22-8-4-9-22)19-20-6-2-1-3-7-20;1-2/h1-3,5-7,10-16,18,22H,4,8-9,17,19H2,(H,35,38);1-2H3. The highest BCUT2D eigenvalue weighted by Crippen LogP contribution is 2.42. The predicted molar refractivity (Wildman–Crippen MR) is 155 cm³/mol. The Kier molecular flexibility index (Phi) is 8.67. The molecular weight excluding hydrogens is 522 g/mol. The van der Waals surface area contributed by atoms with Crippen molar-refractivity contribution in [3.63, 3.8) is 0 Å². The third-order valence-electron chi connectivity index (χ3n) is 7.06. The molecule has 1 aliphatic carbocycles. The second-order valence-corrected chi connectivity index (χ2v) is 9.73. The van der Waals surface area contributed by atoms with Crippen LogP contribution in [0.25, 0.3) is 11.0 Å². The van der Waals surface area contributed by atoms with Crippen molar-refractivity contribution in [2.75, 3.05) is 0 Å². The molecule has 0 bridgehead atoms. The van der Waals surface area contributed by atoms with Crippen LogP contribution in [0.3, 0.4) is 0 Å². The van der Waals surface area contributed by atoms with Gasteiger partial charge in [-0.05, 0) is 54.3 Å². The lowest BCUT2D eigenvalue weighted by Gasteiger charge is -2.28. The van der Waals surface area contributed by atoms with Crippen molar-refractivity contribution in [3.8, 4) is 11.6 Å². The number of nitrogens with one attached hydrogen (secondary N) is 1. The molecule has 0 atom stereocenters. The summed E-state index contributed by atoms with van der Waals surface area (Å²) in [5, 5.41) is 3.59. The lowest BCUT2D eigenvalue weighted by atomic mass is 9.81. The Morgan fingerprint density at radius 1 is 0.976 bits per heavy atom. The molecule has 0 spiro atoms. The van der Waals surface area contributed by atoms with Crippen molar-refractivity contribution in [2.24, 2.45) is 0 Å². The quantitative estimate of drug-likeness (QED) is 0.213. The van der Waals surface area contributed by atoms with Crippen molar-refractivity contribution in [3.05, 3.63) is 119 Å². The molecule has 6 rings (SSSR count). The van der Waals surface area contributed by atoms with Crippen LogP contribution in [0.5, 0.6) is 11.6 Å². The molecule has 1 fully saturated rings. The number of hydrogen-bond acceptors (Lipinski definition) is 4.